The van der Waals surface area contributed by atoms with Gasteiger partial charge in [0.1, 0.15) is 5.82 Å². The van der Waals surface area contributed by atoms with Crippen molar-refractivity contribution in [3.8, 4) is 0 Å². The largest absolute Gasteiger partial charge is 0.334 e. The first-order chi connectivity index (χ1) is 13.0. The van der Waals surface area contributed by atoms with E-state index < -0.39 is 5.82 Å². The summed E-state index contributed by atoms with van der Waals surface area (Å²) in [5.41, 5.74) is 0.838. The lowest BCUT2D eigenvalue weighted by Crippen LogP contribution is -3.12. The Morgan fingerprint density at radius 3 is 2.67 bits per heavy atom. The highest BCUT2D eigenvalue weighted by atomic mass is 35.5. The van der Waals surface area contributed by atoms with Crippen LogP contribution in [0.3, 0.4) is 0 Å². The van der Waals surface area contributed by atoms with Crippen molar-refractivity contribution in [2.75, 3.05) is 31.1 Å². The van der Waals surface area contributed by atoms with Crippen molar-refractivity contribution in [3.05, 3.63) is 58.9 Å². The van der Waals surface area contributed by atoms with E-state index in [0.717, 1.165) is 29.9 Å². The molecule has 0 unspecified atom stereocenters. The molecule has 0 saturated heterocycles. The molecule has 4 nitrogen and oxygen atoms in total. The number of anilines is 1. The molecule has 1 heterocycles. The fraction of sp³-hybridized carbons (Fsp3) is 0.300. The van der Waals surface area contributed by atoms with Gasteiger partial charge in [-0.05, 0) is 44.2 Å². The van der Waals surface area contributed by atoms with Gasteiger partial charge in [0.05, 0.1) is 42.0 Å². The third-order valence-electron chi connectivity index (χ3n) is 4.61. The lowest BCUT2D eigenvalue weighted by molar-refractivity contribution is -0.894. The molecule has 0 atom stereocenters. The maximum absolute atomic E-state index is 14.2. The Morgan fingerprint density at radius 2 is 1.96 bits per heavy atom. The topological polar surface area (TPSA) is 37.6 Å². The van der Waals surface area contributed by atoms with Gasteiger partial charge in [-0.1, -0.05) is 35.1 Å². The number of hydrogen-bond acceptors (Lipinski definition) is 3. The first-order valence-corrected chi connectivity index (χ1v) is 10.2. The standard InChI is InChI=1S/C20H21ClFN3OS/c1-3-24(4-2)11-12-25(19(26)15-7-5-6-8-16(15)22)20-23-17-10-9-14(21)13-18(17)27-20/h5-10,13H,3-4,11-12H2,1-2H3/p+1. The average molecular weight is 407 g/mol. The van der Waals surface area contributed by atoms with Gasteiger partial charge in [-0.3, -0.25) is 9.69 Å². The molecule has 0 radical (unpaired) electrons. The van der Waals surface area contributed by atoms with Gasteiger partial charge in [-0.25, -0.2) is 9.37 Å². The van der Waals surface area contributed by atoms with Crippen LogP contribution in [0, 0.1) is 5.82 Å². The normalized spacial score (nSPS) is 11.3. The van der Waals surface area contributed by atoms with Crippen molar-refractivity contribution in [2.45, 2.75) is 13.8 Å². The van der Waals surface area contributed by atoms with Crippen LogP contribution in [0.4, 0.5) is 9.52 Å². The summed E-state index contributed by atoms with van der Waals surface area (Å²) < 4.78 is 15.1. The molecule has 0 spiro atoms. The van der Waals surface area contributed by atoms with Crippen molar-refractivity contribution in [1.29, 1.82) is 0 Å². The van der Waals surface area contributed by atoms with Gasteiger partial charge in [-0.2, -0.15) is 0 Å². The zero-order chi connectivity index (χ0) is 19.4. The van der Waals surface area contributed by atoms with Crippen molar-refractivity contribution < 1.29 is 14.1 Å². The Bertz CT molecular complexity index is 942. The smallest absolute Gasteiger partial charge is 0.263 e. The van der Waals surface area contributed by atoms with Gasteiger partial charge in [0.2, 0.25) is 0 Å². The van der Waals surface area contributed by atoms with Crippen molar-refractivity contribution in [2.24, 2.45) is 0 Å². The number of thiazole rings is 1. The molecule has 27 heavy (non-hydrogen) atoms. The molecule has 3 aromatic rings. The van der Waals surface area contributed by atoms with Crippen molar-refractivity contribution in [1.82, 2.24) is 4.98 Å². The number of quaternary nitrogens is 1. The molecule has 0 aliphatic rings. The maximum atomic E-state index is 14.2. The number of nitrogens with zero attached hydrogens (tertiary/aromatic N) is 2. The molecule has 3 rings (SSSR count). The third-order valence-corrected chi connectivity index (χ3v) is 5.88. The fourth-order valence-electron chi connectivity index (χ4n) is 2.94. The summed E-state index contributed by atoms with van der Waals surface area (Å²) in [7, 11) is 0. The van der Waals surface area contributed by atoms with E-state index in [1.807, 2.05) is 12.1 Å². The van der Waals surface area contributed by atoms with Gasteiger partial charge in [0, 0.05) is 5.02 Å². The van der Waals surface area contributed by atoms with E-state index in [9.17, 15) is 9.18 Å². The lowest BCUT2D eigenvalue weighted by atomic mass is 10.2. The van der Waals surface area contributed by atoms with E-state index in [1.54, 1.807) is 23.1 Å². The van der Waals surface area contributed by atoms with Gasteiger partial charge < -0.3 is 4.90 Å². The second-order valence-corrected chi connectivity index (χ2v) is 7.70. The molecule has 1 N–H and O–H groups in total. The molecule has 142 valence electrons. The summed E-state index contributed by atoms with van der Waals surface area (Å²) in [6.07, 6.45) is 0. The molecule has 2 aromatic carbocycles. The molecule has 1 amide bonds. The number of rotatable bonds is 7. The fourth-order valence-corrected chi connectivity index (χ4v) is 4.21. The Kier molecular flexibility index (Phi) is 6.42. The Balaban J connectivity index is 1.97. The lowest BCUT2D eigenvalue weighted by Gasteiger charge is -2.23. The highest BCUT2D eigenvalue weighted by Crippen LogP contribution is 2.31. The van der Waals surface area contributed by atoms with E-state index in [2.05, 4.69) is 18.8 Å². The van der Waals surface area contributed by atoms with E-state index in [1.165, 1.54) is 28.4 Å². The summed E-state index contributed by atoms with van der Waals surface area (Å²) >= 11 is 7.47. The van der Waals surface area contributed by atoms with Crippen LogP contribution in [0.2, 0.25) is 5.02 Å². The maximum Gasteiger partial charge on any atom is 0.263 e. The number of hydrogen-bond donors (Lipinski definition) is 1. The zero-order valence-electron chi connectivity index (χ0n) is 15.3. The molecule has 0 bridgehead atoms. The van der Waals surface area contributed by atoms with Gasteiger partial charge in [-0.15, -0.1) is 0 Å². The van der Waals surface area contributed by atoms with Gasteiger partial charge >= 0.3 is 0 Å². The number of amides is 1. The number of nitrogens with one attached hydrogen (secondary N) is 1. The number of likely N-dealkylation sites (N-methyl/N-ethyl adjacent to an activating group) is 1. The summed E-state index contributed by atoms with van der Waals surface area (Å²) in [4.78, 5) is 20.7. The predicted molar refractivity (Wildman–Crippen MR) is 110 cm³/mol. The van der Waals surface area contributed by atoms with E-state index >= 15 is 0 Å². The second-order valence-electron chi connectivity index (χ2n) is 6.25. The van der Waals surface area contributed by atoms with Crippen LogP contribution in [-0.2, 0) is 0 Å². The highest BCUT2D eigenvalue weighted by molar-refractivity contribution is 7.22. The number of fused-ring (bicyclic) bond motifs is 1. The summed E-state index contributed by atoms with van der Waals surface area (Å²) in [6, 6.07) is 11.5. The molecule has 0 saturated carbocycles. The minimum atomic E-state index is -0.521. The van der Waals surface area contributed by atoms with Crippen LogP contribution >= 0.6 is 22.9 Å². The van der Waals surface area contributed by atoms with E-state index in [0.29, 0.717) is 16.7 Å². The first-order valence-electron chi connectivity index (χ1n) is 8.99. The summed E-state index contributed by atoms with van der Waals surface area (Å²) in [5, 5.41) is 1.18. The molecule has 0 fully saturated rings. The molecule has 7 heteroatoms. The number of carbonyl (C=O) groups is 1. The number of benzene rings is 2. The Hall–Kier alpha value is -2.02. The van der Waals surface area contributed by atoms with Gasteiger partial charge in [0.15, 0.2) is 5.13 Å². The molecular weight excluding hydrogens is 385 g/mol. The zero-order valence-corrected chi connectivity index (χ0v) is 16.9. The van der Waals surface area contributed by atoms with Crippen LogP contribution in [0.1, 0.15) is 24.2 Å². The van der Waals surface area contributed by atoms with E-state index in [-0.39, 0.29) is 11.5 Å². The van der Waals surface area contributed by atoms with Crippen LogP contribution in [0.25, 0.3) is 10.2 Å². The Morgan fingerprint density at radius 1 is 1.22 bits per heavy atom. The second kappa shape index (κ2) is 8.78. The number of carbonyl (C=O) groups excluding carboxylic acids is 1. The molecule has 0 aliphatic heterocycles. The Labute approximate surface area is 167 Å². The number of halogens is 2. The summed E-state index contributed by atoms with van der Waals surface area (Å²) in [6.45, 7) is 7.39. The monoisotopic (exact) mass is 406 g/mol. The summed E-state index contributed by atoms with van der Waals surface area (Å²) in [5.74, 6) is -0.892. The van der Waals surface area contributed by atoms with Crippen LogP contribution in [-0.4, -0.2) is 37.1 Å². The number of aromatic nitrogens is 1. The third kappa shape index (κ3) is 4.46. The predicted octanol–water partition coefficient (Wildman–Crippen LogP) is 3.66. The molecule has 1 aromatic heterocycles. The quantitative estimate of drug-likeness (QED) is 0.650. The molecule has 0 aliphatic carbocycles. The van der Waals surface area contributed by atoms with Crippen LogP contribution in [0.15, 0.2) is 42.5 Å². The minimum Gasteiger partial charge on any atom is -0.334 e. The van der Waals surface area contributed by atoms with Crippen LogP contribution < -0.4 is 9.80 Å². The average Bonchev–Trinajstić information content (AvgIpc) is 3.08. The minimum absolute atomic E-state index is 0.0596. The van der Waals surface area contributed by atoms with Crippen molar-refractivity contribution in [3.63, 3.8) is 0 Å². The van der Waals surface area contributed by atoms with E-state index in [4.69, 9.17) is 11.6 Å². The molecular formula is C20H22ClFN3OS+. The van der Waals surface area contributed by atoms with Gasteiger partial charge in [0.25, 0.3) is 5.91 Å². The van der Waals surface area contributed by atoms with Crippen molar-refractivity contribution >= 4 is 44.2 Å². The van der Waals surface area contributed by atoms with Crippen LogP contribution in [0.5, 0.6) is 0 Å². The highest BCUT2D eigenvalue weighted by Gasteiger charge is 2.24. The SMILES string of the molecule is CC[NH+](CC)CCN(C(=O)c1ccccc1F)c1nc2ccc(Cl)cc2s1. The first kappa shape index (κ1) is 19.7.